The van der Waals surface area contributed by atoms with Gasteiger partial charge in [0.05, 0.1) is 22.7 Å². The molecule has 0 saturated heterocycles. The van der Waals surface area contributed by atoms with Crippen molar-refractivity contribution in [1.29, 1.82) is 5.26 Å². The molecule has 4 heteroatoms. The van der Waals surface area contributed by atoms with Crippen molar-refractivity contribution >= 4 is 15.9 Å². The normalized spacial score (nSPS) is 10.1. The topological polar surface area (TPSA) is 42.2 Å². The van der Waals surface area contributed by atoms with E-state index >= 15 is 0 Å². The van der Waals surface area contributed by atoms with E-state index in [1.54, 1.807) is 25.3 Å². The van der Waals surface area contributed by atoms with E-state index in [1.807, 2.05) is 24.3 Å². The third kappa shape index (κ3) is 3.83. The van der Waals surface area contributed by atoms with Crippen molar-refractivity contribution in [1.82, 2.24) is 0 Å². The van der Waals surface area contributed by atoms with Crippen molar-refractivity contribution in [3.05, 3.63) is 58.1 Å². The minimum absolute atomic E-state index is 0.596. The average molecular weight is 332 g/mol. The number of benzene rings is 2. The van der Waals surface area contributed by atoms with Crippen molar-refractivity contribution in [2.45, 2.75) is 6.42 Å². The first kappa shape index (κ1) is 14.6. The van der Waals surface area contributed by atoms with E-state index < -0.39 is 0 Å². The number of nitrogens with zero attached hydrogens (tertiary/aromatic N) is 1. The van der Waals surface area contributed by atoms with Crippen molar-refractivity contribution < 1.29 is 9.47 Å². The molecule has 0 aliphatic carbocycles. The van der Waals surface area contributed by atoms with Gasteiger partial charge < -0.3 is 9.47 Å². The van der Waals surface area contributed by atoms with Crippen molar-refractivity contribution in [3.8, 4) is 17.6 Å². The second kappa shape index (κ2) is 7.09. The van der Waals surface area contributed by atoms with Gasteiger partial charge in [-0.25, -0.2) is 0 Å². The molecule has 2 aromatic carbocycles. The molecule has 0 aromatic heterocycles. The lowest BCUT2D eigenvalue weighted by molar-refractivity contribution is 0.202. The third-order valence-electron chi connectivity index (χ3n) is 2.81. The van der Waals surface area contributed by atoms with Gasteiger partial charge in [0.25, 0.3) is 0 Å². The van der Waals surface area contributed by atoms with Gasteiger partial charge in [-0.05, 0) is 58.2 Å². The van der Waals surface area contributed by atoms with E-state index in [2.05, 4.69) is 22.0 Å². The van der Waals surface area contributed by atoms with Crippen LogP contribution < -0.4 is 4.74 Å². The summed E-state index contributed by atoms with van der Waals surface area (Å²) in [5, 5.41) is 8.82. The van der Waals surface area contributed by atoms with Gasteiger partial charge in [-0.1, -0.05) is 12.1 Å². The standard InChI is InChI=1S/C16H14BrNO2/c1-19-9-8-12-2-5-14(6-3-12)20-16-7-4-13(11-18)10-15(16)17/h2-7,10H,8-9H2,1H3. The molecule has 0 heterocycles. The Morgan fingerprint density at radius 1 is 1.15 bits per heavy atom. The predicted octanol–water partition coefficient (Wildman–Crippen LogP) is 4.30. The maximum Gasteiger partial charge on any atom is 0.141 e. The number of hydrogen-bond acceptors (Lipinski definition) is 3. The zero-order chi connectivity index (χ0) is 14.4. The van der Waals surface area contributed by atoms with E-state index in [9.17, 15) is 0 Å². The van der Waals surface area contributed by atoms with Gasteiger partial charge in [-0.3, -0.25) is 0 Å². The van der Waals surface area contributed by atoms with Crippen LogP contribution >= 0.6 is 15.9 Å². The molecule has 0 radical (unpaired) electrons. The molecule has 0 spiro atoms. The first-order valence-electron chi connectivity index (χ1n) is 6.18. The Hall–Kier alpha value is -1.83. The second-order valence-corrected chi connectivity index (χ2v) is 5.10. The van der Waals surface area contributed by atoms with Crippen LogP contribution in [0.5, 0.6) is 11.5 Å². The van der Waals surface area contributed by atoms with Crippen LogP contribution in [0.15, 0.2) is 46.9 Å². The van der Waals surface area contributed by atoms with Gasteiger partial charge in [-0.2, -0.15) is 5.26 Å². The van der Waals surface area contributed by atoms with Crippen LogP contribution in [0, 0.1) is 11.3 Å². The Labute approximate surface area is 126 Å². The largest absolute Gasteiger partial charge is 0.456 e. The van der Waals surface area contributed by atoms with Crippen LogP contribution in [0.4, 0.5) is 0 Å². The third-order valence-corrected chi connectivity index (χ3v) is 3.43. The Morgan fingerprint density at radius 2 is 1.90 bits per heavy atom. The molecule has 102 valence electrons. The SMILES string of the molecule is COCCc1ccc(Oc2ccc(C#N)cc2Br)cc1. The highest BCUT2D eigenvalue weighted by Gasteiger charge is 2.04. The summed E-state index contributed by atoms with van der Waals surface area (Å²) in [5.74, 6) is 1.45. The van der Waals surface area contributed by atoms with Crippen LogP contribution in [0.3, 0.4) is 0 Å². The van der Waals surface area contributed by atoms with Crippen molar-refractivity contribution in [2.24, 2.45) is 0 Å². The number of ether oxygens (including phenoxy) is 2. The first-order valence-corrected chi connectivity index (χ1v) is 6.97. The van der Waals surface area contributed by atoms with Gasteiger partial charge in [0.2, 0.25) is 0 Å². The summed E-state index contributed by atoms with van der Waals surface area (Å²) in [6.07, 6.45) is 0.886. The zero-order valence-corrected chi connectivity index (χ0v) is 12.7. The maximum atomic E-state index is 8.82. The summed E-state index contributed by atoms with van der Waals surface area (Å²) in [6, 6.07) is 15.2. The number of rotatable bonds is 5. The Morgan fingerprint density at radius 3 is 2.50 bits per heavy atom. The molecule has 0 amide bonds. The highest BCUT2D eigenvalue weighted by Crippen LogP contribution is 2.30. The van der Waals surface area contributed by atoms with Crippen LogP contribution in [0.1, 0.15) is 11.1 Å². The Kier molecular flexibility index (Phi) is 5.16. The summed E-state index contributed by atoms with van der Waals surface area (Å²) in [4.78, 5) is 0. The lowest BCUT2D eigenvalue weighted by atomic mass is 10.1. The van der Waals surface area contributed by atoms with Crippen molar-refractivity contribution in [2.75, 3.05) is 13.7 Å². The van der Waals surface area contributed by atoms with Gasteiger partial charge in [0.1, 0.15) is 11.5 Å². The monoisotopic (exact) mass is 331 g/mol. The number of hydrogen-bond donors (Lipinski definition) is 0. The second-order valence-electron chi connectivity index (χ2n) is 4.25. The van der Waals surface area contributed by atoms with E-state index in [0.29, 0.717) is 17.9 Å². The molecule has 0 atom stereocenters. The van der Waals surface area contributed by atoms with Crippen LogP contribution in [-0.4, -0.2) is 13.7 Å². The molecule has 0 aliphatic rings. The van der Waals surface area contributed by atoms with E-state index in [-0.39, 0.29) is 0 Å². The molecule has 0 fully saturated rings. The molecule has 0 aliphatic heterocycles. The molecule has 20 heavy (non-hydrogen) atoms. The van der Waals surface area contributed by atoms with E-state index in [0.717, 1.165) is 16.6 Å². The van der Waals surface area contributed by atoms with Gasteiger partial charge >= 0.3 is 0 Å². The Bertz CT molecular complexity index is 617. The molecule has 2 aromatic rings. The van der Waals surface area contributed by atoms with Crippen LogP contribution in [-0.2, 0) is 11.2 Å². The zero-order valence-electron chi connectivity index (χ0n) is 11.1. The number of halogens is 1. The predicted molar refractivity (Wildman–Crippen MR) is 81.0 cm³/mol. The average Bonchev–Trinajstić information content (AvgIpc) is 2.48. The molecule has 0 saturated carbocycles. The molecule has 0 bridgehead atoms. The summed E-state index contributed by atoms with van der Waals surface area (Å²) in [5.41, 5.74) is 1.80. The van der Waals surface area contributed by atoms with Crippen molar-refractivity contribution in [3.63, 3.8) is 0 Å². The van der Waals surface area contributed by atoms with Gasteiger partial charge in [0, 0.05) is 7.11 Å². The molecule has 2 rings (SSSR count). The lowest BCUT2D eigenvalue weighted by Gasteiger charge is -2.08. The fourth-order valence-electron chi connectivity index (χ4n) is 1.72. The summed E-state index contributed by atoms with van der Waals surface area (Å²) >= 11 is 3.40. The summed E-state index contributed by atoms with van der Waals surface area (Å²) < 4.78 is 11.6. The van der Waals surface area contributed by atoms with E-state index in [4.69, 9.17) is 14.7 Å². The first-order chi connectivity index (χ1) is 9.72. The van der Waals surface area contributed by atoms with Crippen LogP contribution in [0.2, 0.25) is 0 Å². The van der Waals surface area contributed by atoms with E-state index in [1.165, 1.54) is 5.56 Å². The lowest BCUT2D eigenvalue weighted by Crippen LogP contribution is -1.94. The highest BCUT2D eigenvalue weighted by atomic mass is 79.9. The quantitative estimate of drug-likeness (QED) is 0.820. The highest BCUT2D eigenvalue weighted by molar-refractivity contribution is 9.10. The molecule has 0 N–H and O–H groups in total. The smallest absolute Gasteiger partial charge is 0.141 e. The summed E-state index contributed by atoms with van der Waals surface area (Å²) in [7, 11) is 1.69. The molecular weight excluding hydrogens is 318 g/mol. The fraction of sp³-hybridized carbons (Fsp3) is 0.188. The summed E-state index contributed by atoms with van der Waals surface area (Å²) in [6.45, 7) is 0.710. The molecule has 0 unspecified atom stereocenters. The van der Waals surface area contributed by atoms with Crippen LogP contribution in [0.25, 0.3) is 0 Å². The fourth-order valence-corrected chi connectivity index (χ4v) is 2.18. The minimum atomic E-state index is 0.596. The number of nitriles is 1. The molecular formula is C16H14BrNO2. The molecule has 3 nitrogen and oxygen atoms in total. The maximum absolute atomic E-state index is 8.82. The van der Waals surface area contributed by atoms with Gasteiger partial charge in [0.15, 0.2) is 0 Å². The Balaban J connectivity index is 2.08. The van der Waals surface area contributed by atoms with Gasteiger partial charge in [-0.15, -0.1) is 0 Å². The minimum Gasteiger partial charge on any atom is -0.456 e. The number of methoxy groups -OCH3 is 1.